The topological polar surface area (TPSA) is 70.6 Å². The molecule has 31 heavy (non-hydrogen) atoms. The number of nitrogens with one attached hydrogen (secondary N) is 1. The maximum absolute atomic E-state index is 12.5. The molecule has 1 aliphatic heterocycles. The van der Waals surface area contributed by atoms with Crippen molar-refractivity contribution in [3.05, 3.63) is 65.7 Å². The molecule has 3 aromatic rings. The quantitative estimate of drug-likeness (QED) is 0.634. The molecule has 1 saturated heterocycles. The first-order valence-corrected chi connectivity index (χ1v) is 10.6. The van der Waals surface area contributed by atoms with E-state index in [1.807, 2.05) is 55.5 Å². The van der Waals surface area contributed by atoms with Gasteiger partial charge >= 0.3 is 6.03 Å². The Kier molecular flexibility index (Phi) is 6.52. The summed E-state index contributed by atoms with van der Waals surface area (Å²) < 4.78 is 5.48. The number of anilines is 2. The van der Waals surface area contributed by atoms with E-state index in [0.29, 0.717) is 43.5 Å². The number of para-hydroxylation sites is 1. The van der Waals surface area contributed by atoms with Crippen molar-refractivity contribution in [2.45, 2.75) is 6.92 Å². The Morgan fingerprint density at radius 3 is 2.39 bits per heavy atom. The minimum absolute atomic E-state index is 0.148. The molecule has 0 radical (unpaired) electrons. The van der Waals surface area contributed by atoms with Gasteiger partial charge in [0.15, 0.2) is 5.82 Å². The third-order valence-electron chi connectivity index (χ3n) is 5.12. The summed E-state index contributed by atoms with van der Waals surface area (Å²) in [5, 5.41) is 12.2. The molecule has 2 heterocycles. The lowest BCUT2D eigenvalue weighted by Crippen LogP contribution is -2.50. The van der Waals surface area contributed by atoms with Crippen molar-refractivity contribution in [2.24, 2.45) is 0 Å². The summed E-state index contributed by atoms with van der Waals surface area (Å²) in [6.45, 7) is 5.17. The van der Waals surface area contributed by atoms with Crippen molar-refractivity contribution >= 4 is 29.1 Å². The molecule has 1 aliphatic rings. The Morgan fingerprint density at radius 1 is 1.00 bits per heavy atom. The standard InChI is InChI=1S/C23H24ClN5O2/c1-2-31-18-9-7-17(8-10-18)20-11-12-22(27-26-20)28-13-15-29(16-14-28)23(30)25-21-6-4-3-5-19(21)24/h3-12H,2,13-16H2,1H3,(H,25,30). The largest absolute Gasteiger partial charge is 0.494 e. The number of urea groups is 1. The molecule has 0 spiro atoms. The second kappa shape index (κ2) is 9.66. The van der Waals surface area contributed by atoms with Crippen LogP contribution >= 0.6 is 11.6 Å². The SMILES string of the molecule is CCOc1ccc(-c2ccc(N3CCN(C(=O)Nc4ccccc4Cl)CC3)nn2)cc1. The fourth-order valence-corrected chi connectivity index (χ4v) is 3.61. The van der Waals surface area contributed by atoms with Gasteiger partial charge in [0, 0.05) is 31.7 Å². The number of carbonyl (C=O) groups is 1. The van der Waals surface area contributed by atoms with Gasteiger partial charge in [-0.25, -0.2) is 4.79 Å². The zero-order valence-electron chi connectivity index (χ0n) is 17.3. The molecule has 0 atom stereocenters. The van der Waals surface area contributed by atoms with Gasteiger partial charge in [-0.1, -0.05) is 23.7 Å². The number of amides is 2. The number of benzene rings is 2. The Morgan fingerprint density at radius 2 is 1.74 bits per heavy atom. The van der Waals surface area contributed by atoms with E-state index in [2.05, 4.69) is 20.4 Å². The molecule has 0 bridgehead atoms. The monoisotopic (exact) mass is 437 g/mol. The molecule has 7 nitrogen and oxygen atoms in total. The molecule has 1 fully saturated rings. The Balaban J connectivity index is 1.33. The van der Waals surface area contributed by atoms with E-state index in [9.17, 15) is 4.79 Å². The van der Waals surface area contributed by atoms with Gasteiger partial charge in [-0.2, -0.15) is 0 Å². The molecule has 2 amide bonds. The molecule has 0 saturated carbocycles. The molecule has 2 aromatic carbocycles. The molecule has 4 rings (SSSR count). The van der Waals surface area contributed by atoms with E-state index in [1.165, 1.54) is 0 Å². The average Bonchev–Trinajstić information content (AvgIpc) is 2.81. The van der Waals surface area contributed by atoms with Crippen molar-refractivity contribution in [3.63, 3.8) is 0 Å². The van der Waals surface area contributed by atoms with Gasteiger partial charge in [-0.05, 0) is 55.5 Å². The van der Waals surface area contributed by atoms with Gasteiger partial charge in [0.05, 0.1) is 23.0 Å². The van der Waals surface area contributed by atoms with Gasteiger partial charge in [-0.15, -0.1) is 10.2 Å². The minimum Gasteiger partial charge on any atom is -0.494 e. The van der Waals surface area contributed by atoms with Crippen molar-refractivity contribution in [3.8, 4) is 17.0 Å². The van der Waals surface area contributed by atoms with Crippen LogP contribution in [0.4, 0.5) is 16.3 Å². The number of rotatable bonds is 5. The average molecular weight is 438 g/mol. The minimum atomic E-state index is -0.148. The summed E-state index contributed by atoms with van der Waals surface area (Å²) in [5.74, 6) is 1.65. The highest BCUT2D eigenvalue weighted by molar-refractivity contribution is 6.33. The number of carbonyl (C=O) groups excluding carboxylic acids is 1. The van der Waals surface area contributed by atoms with Gasteiger partial charge in [0.1, 0.15) is 5.75 Å². The number of piperazine rings is 1. The first-order valence-electron chi connectivity index (χ1n) is 10.3. The van der Waals surface area contributed by atoms with Crippen molar-refractivity contribution < 1.29 is 9.53 Å². The number of halogens is 1. The molecular weight excluding hydrogens is 414 g/mol. The fourth-order valence-electron chi connectivity index (χ4n) is 3.43. The number of hydrogen-bond acceptors (Lipinski definition) is 5. The summed E-state index contributed by atoms with van der Waals surface area (Å²) in [4.78, 5) is 16.4. The predicted molar refractivity (Wildman–Crippen MR) is 123 cm³/mol. The second-order valence-corrected chi connectivity index (χ2v) is 7.53. The van der Waals surface area contributed by atoms with Crippen LogP contribution < -0.4 is 15.0 Å². The lowest BCUT2D eigenvalue weighted by molar-refractivity contribution is 0.208. The third-order valence-corrected chi connectivity index (χ3v) is 5.45. The lowest BCUT2D eigenvalue weighted by atomic mass is 10.1. The Labute approximate surface area is 186 Å². The van der Waals surface area contributed by atoms with Crippen LogP contribution in [0.5, 0.6) is 5.75 Å². The lowest BCUT2D eigenvalue weighted by Gasteiger charge is -2.35. The first kappa shape index (κ1) is 20.9. The molecule has 8 heteroatoms. The van der Waals surface area contributed by atoms with E-state index in [1.54, 1.807) is 17.0 Å². The summed E-state index contributed by atoms with van der Waals surface area (Å²) in [6, 6.07) is 18.8. The van der Waals surface area contributed by atoms with Crippen LogP contribution in [0.25, 0.3) is 11.3 Å². The Bertz CT molecular complexity index is 1020. The Hall–Kier alpha value is -3.32. The van der Waals surface area contributed by atoms with Gasteiger partial charge in [0.25, 0.3) is 0 Å². The maximum Gasteiger partial charge on any atom is 0.322 e. The fraction of sp³-hybridized carbons (Fsp3) is 0.261. The highest BCUT2D eigenvalue weighted by Gasteiger charge is 2.22. The summed E-state index contributed by atoms with van der Waals surface area (Å²) in [7, 11) is 0. The van der Waals surface area contributed by atoms with E-state index in [0.717, 1.165) is 22.8 Å². The van der Waals surface area contributed by atoms with E-state index >= 15 is 0 Å². The maximum atomic E-state index is 12.5. The molecular formula is C23H24ClN5O2. The van der Waals surface area contributed by atoms with Crippen LogP contribution in [0.1, 0.15) is 6.92 Å². The summed E-state index contributed by atoms with van der Waals surface area (Å²) >= 11 is 6.13. The van der Waals surface area contributed by atoms with Crippen LogP contribution in [0, 0.1) is 0 Å². The molecule has 1 aromatic heterocycles. The van der Waals surface area contributed by atoms with Gasteiger partial charge in [0.2, 0.25) is 0 Å². The molecule has 1 N–H and O–H groups in total. The number of nitrogens with zero attached hydrogens (tertiary/aromatic N) is 4. The van der Waals surface area contributed by atoms with Crippen LogP contribution in [-0.4, -0.2) is 53.9 Å². The first-order chi connectivity index (χ1) is 15.1. The van der Waals surface area contributed by atoms with Crippen molar-refractivity contribution in [2.75, 3.05) is 43.0 Å². The normalized spacial score (nSPS) is 13.7. The number of aromatic nitrogens is 2. The summed E-state index contributed by atoms with van der Waals surface area (Å²) in [6.07, 6.45) is 0. The highest BCUT2D eigenvalue weighted by atomic mass is 35.5. The molecule has 0 aliphatic carbocycles. The smallest absolute Gasteiger partial charge is 0.322 e. The highest BCUT2D eigenvalue weighted by Crippen LogP contribution is 2.23. The number of ether oxygens (including phenoxy) is 1. The van der Waals surface area contributed by atoms with Gasteiger partial charge in [-0.3, -0.25) is 0 Å². The zero-order valence-corrected chi connectivity index (χ0v) is 18.0. The van der Waals surface area contributed by atoms with Gasteiger partial charge < -0.3 is 19.9 Å². The van der Waals surface area contributed by atoms with Crippen molar-refractivity contribution in [1.82, 2.24) is 15.1 Å². The molecule has 160 valence electrons. The zero-order chi connectivity index (χ0) is 21.6. The van der Waals surface area contributed by atoms with E-state index in [4.69, 9.17) is 16.3 Å². The predicted octanol–water partition coefficient (Wildman–Crippen LogP) is 4.55. The second-order valence-electron chi connectivity index (χ2n) is 7.12. The molecule has 0 unspecified atom stereocenters. The van der Waals surface area contributed by atoms with Crippen LogP contribution in [0.15, 0.2) is 60.7 Å². The third kappa shape index (κ3) is 5.06. The summed E-state index contributed by atoms with van der Waals surface area (Å²) in [5.41, 5.74) is 2.42. The van der Waals surface area contributed by atoms with Crippen molar-refractivity contribution in [1.29, 1.82) is 0 Å². The van der Waals surface area contributed by atoms with E-state index < -0.39 is 0 Å². The number of hydrogen-bond donors (Lipinski definition) is 1. The van der Waals surface area contributed by atoms with E-state index in [-0.39, 0.29) is 6.03 Å². The van der Waals surface area contributed by atoms with Crippen LogP contribution in [-0.2, 0) is 0 Å². The van der Waals surface area contributed by atoms with Crippen LogP contribution in [0.3, 0.4) is 0 Å². The van der Waals surface area contributed by atoms with Crippen LogP contribution in [0.2, 0.25) is 5.02 Å².